The fraction of sp³-hybridized carbons (Fsp3) is 0.692. The molecular weight excluding hydrogens is 234 g/mol. The zero-order valence-corrected chi connectivity index (χ0v) is 11.2. The smallest absolute Gasteiger partial charge is 0.410 e. The van der Waals surface area contributed by atoms with Gasteiger partial charge in [-0.1, -0.05) is 6.08 Å². The van der Waals surface area contributed by atoms with Gasteiger partial charge in [0.05, 0.1) is 0 Å². The Morgan fingerprint density at radius 1 is 1.44 bits per heavy atom. The van der Waals surface area contributed by atoms with Crippen LogP contribution in [-0.2, 0) is 9.53 Å². The summed E-state index contributed by atoms with van der Waals surface area (Å²) in [6, 6.07) is 0.0513. The van der Waals surface area contributed by atoms with Crippen molar-refractivity contribution in [3.8, 4) is 0 Å². The van der Waals surface area contributed by atoms with Crippen molar-refractivity contribution in [2.75, 3.05) is 6.54 Å². The number of nitrogens with zero attached hydrogens (tertiary/aromatic N) is 1. The summed E-state index contributed by atoms with van der Waals surface area (Å²) in [6.07, 6.45) is 4.79. The lowest BCUT2D eigenvalue weighted by atomic mass is 10.1. The van der Waals surface area contributed by atoms with Gasteiger partial charge in [-0.3, -0.25) is 0 Å². The van der Waals surface area contributed by atoms with Crippen LogP contribution in [0.2, 0.25) is 0 Å². The van der Waals surface area contributed by atoms with Crippen molar-refractivity contribution in [1.29, 1.82) is 0 Å². The maximum atomic E-state index is 11.9. The molecule has 0 saturated carbocycles. The summed E-state index contributed by atoms with van der Waals surface area (Å²) in [5.41, 5.74) is -0.499. The van der Waals surface area contributed by atoms with Crippen LogP contribution in [0.5, 0.6) is 0 Å². The number of ether oxygens (including phenoxy) is 1. The number of likely N-dealkylation sites (tertiary alicyclic amines) is 1. The van der Waals surface area contributed by atoms with Gasteiger partial charge in [0.2, 0.25) is 0 Å². The van der Waals surface area contributed by atoms with Gasteiger partial charge in [-0.25, -0.2) is 9.59 Å². The van der Waals surface area contributed by atoms with E-state index in [1.54, 1.807) is 11.0 Å². The molecule has 0 bridgehead atoms. The zero-order chi connectivity index (χ0) is 13.8. The molecule has 0 aromatic heterocycles. The van der Waals surface area contributed by atoms with Crippen LogP contribution in [0.25, 0.3) is 0 Å². The molecule has 1 amide bonds. The molecule has 1 saturated heterocycles. The summed E-state index contributed by atoms with van der Waals surface area (Å²) < 4.78 is 5.33. The van der Waals surface area contributed by atoms with Crippen molar-refractivity contribution in [2.24, 2.45) is 0 Å². The molecule has 1 rings (SSSR count). The van der Waals surface area contributed by atoms with Gasteiger partial charge in [-0.2, -0.15) is 0 Å². The highest BCUT2D eigenvalue weighted by Crippen LogP contribution is 2.23. The molecule has 5 nitrogen and oxygen atoms in total. The Balaban J connectivity index is 2.54. The standard InChI is InChI=1S/C13H21NO4/c1-13(2,3)18-12(17)14-9-5-7-10(14)6-4-8-11(15)16/h4,8,10H,5-7,9H2,1-3H3,(H,15,16)/b8-4+. The summed E-state index contributed by atoms with van der Waals surface area (Å²) in [5.74, 6) is -0.961. The number of hydrogen-bond donors (Lipinski definition) is 1. The molecule has 1 fully saturated rings. The molecule has 0 aliphatic carbocycles. The first kappa shape index (κ1) is 14.5. The van der Waals surface area contributed by atoms with E-state index in [4.69, 9.17) is 9.84 Å². The minimum absolute atomic E-state index is 0.0513. The van der Waals surface area contributed by atoms with E-state index < -0.39 is 11.6 Å². The number of hydrogen-bond acceptors (Lipinski definition) is 3. The van der Waals surface area contributed by atoms with Crippen LogP contribution in [0.4, 0.5) is 4.79 Å². The Morgan fingerprint density at radius 2 is 2.11 bits per heavy atom. The van der Waals surface area contributed by atoms with Crippen LogP contribution in [0, 0.1) is 0 Å². The molecule has 1 unspecified atom stereocenters. The van der Waals surface area contributed by atoms with Crippen molar-refractivity contribution in [2.45, 2.75) is 51.7 Å². The Kier molecular flexibility index (Phi) is 4.76. The molecule has 0 aromatic rings. The van der Waals surface area contributed by atoms with E-state index in [1.165, 1.54) is 0 Å². The minimum Gasteiger partial charge on any atom is -0.478 e. The number of carboxylic acids is 1. The van der Waals surface area contributed by atoms with Crippen molar-refractivity contribution >= 4 is 12.1 Å². The van der Waals surface area contributed by atoms with Gasteiger partial charge in [0.1, 0.15) is 5.60 Å². The predicted octanol–water partition coefficient (Wildman–Crippen LogP) is 2.42. The van der Waals surface area contributed by atoms with Crippen molar-refractivity contribution in [3.63, 3.8) is 0 Å². The van der Waals surface area contributed by atoms with Gasteiger partial charge in [-0.05, 0) is 40.0 Å². The maximum Gasteiger partial charge on any atom is 0.410 e. The van der Waals surface area contributed by atoms with Crippen LogP contribution in [0.15, 0.2) is 12.2 Å². The quantitative estimate of drug-likeness (QED) is 0.786. The van der Waals surface area contributed by atoms with E-state index in [2.05, 4.69) is 0 Å². The molecule has 1 aliphatic rings. The van der Waals surface area contributed by atoms with Gasteiger partial charge in [0.25, 0.3) is 0 Å². The Morgan fingerprint density at radius 3 is 2.67 bits per heavy atom. The largest absolute Gasteiger partial charge is 0.478 e. The highest BCUT2D eigenvalue weighted by Gasteiger charge is 2.31. The topological polar surface area (TPSA) is 66.8 Å². The Labute approximate surface area is 107 Å². The fourth-order valence-corrected chi connectivity index (χ4v) is 1.97. The Bertz CT molecular complexity index is 343. The van der Waals surface area contributed by atoms with E-state index in [-0.39, 0.29) is 12.1 Å². The number of rotatable bonds is 3. The molecule has 1 aliphatic heterocycles. The average molecular weight is 255 g/mol. The molecule has 5 heteroatoms. The second-order valence-electron chi connectivity index (χ2n) is 5.45. The van der Waals surface area contributed by atoms with Crippen LogP contribution in [0.3, 0.4) is 0 Å². The molecule has 0 radical (unpaired) electrons. The molecule has 0 spiro atoms. The summed E-state index contributed by atoms with van der Waals surface area (Å²) in [4.78, 5) is 24.0. The van der Waals surface area contributed by atoms with Crippen LogP contribution < -0.4 is 0 Å². The summed E-state index contributed by atoms with van der Waals surface area (Å²) >= 11 is 0. The number of amides is 1. The van der Waals surface area contributed by atoms with Gasteiger partial charge in [0.15, 0.2) is 0 Å². The summed E-state index contributed by atoms with van der Waals surface area (Å²) in [5, 5.41) is 8.52. The lowest BCUT2D eigenvalue weighted by Crippen LogP contribution is -2.39. The predicted molar refractivity (Wildman–Crippen MR) is 67.4 cm³/mol. The van der Waals surface area contributed by atoms with E-state index in [9.17, 15) is 9.59 Å². The van der Waals surface area contributed by atoms with E-state index in [1.807, 2.05) is 20.8 Å². The molecule has 0 aromatic carbocycles. The first-order valence-electron chi connectivity index (χ1n) is 6.18. The SMILES string of the molecule is CC(C)(C)OC(=O)N1CCCC1C/C=C/C(=O)O. The highest BCUT2D eigenvalue weighted by molar-refractivity contribution is 5.79. The third-order valence-corrected chi connectivity index (χ3v) is 2.67. The van der Waals surface area contributed by atoms with Crippen LogP contribution in [0.1, 0.15) is 40.0 Å². The van der Waals surface area contributed by atoms with Crippen LogP contribution in [-0.4, -0.2) is 40.3 Å². The van der Waals surface area contributed by atoms with E-state index in [0.717, 1.165) is 18.9 Å². The van der Waals surface area contributed by atoms with Crippen molar-refractivity contribution in [1.82, 2.24) is 4.90 Å². The minimum atomic E-state index is -0.961. The lowest BCUT2D eigenvalue weighted by molar-refractivity contribution is -0.131. The summed E-state index contributed by atoms with van der Waals surface area (Å²) in [7, 11) is 0. The van der Waals surface area contributed by atoms with E-state index in [0.29, 0.717) is 13.0 Å². The van der Waals surface area contributed by atoms with E-state index >= 15 is 0 Å². The van der Waals surface area contributed by atoms with Crippen molar-refractivity contribution in [3.05, 3.63) is 12.2 Å². The second kappa shape index (κ2) is 5.89. The highest BCUT2D eigenvalue weighted by atomic mass is 16.6. The molecule has 1 N–H and O–H groups in total. The van der Waals surface area contributed by atoms with Gasteiger partial charge in [0, 0.05) is 18.7 Å². The third kappa shape index (κ3) is 4.77. The zero-order valence-electron chi connectivity index (χ0n) is 11.2. The number of aliphatic carboxylic acids is 1. The summed E-state index contributed by atoms with van der Waals surface area (Å²) in [6.45, 7) is 6.18. The van der Waals surface area contributed by atoms with Gasteiger partial charge < -0.3 is 14.7 Å². The maximum absolute atomic E-state index is 11.9. The van der Waals surface area contributed by atoms with Gasteiger partial charge >= 0.3 is 12.1 Å². The molecule has 1 heterocycles. The average Bonchev–Trinajstić information content (AvgIpc) is 2.62. The third-order valence-electron chi connectivity index (χ3n) is 2.67. The molecule has 18 heavy (non-hydrogen) atoms. The lowest BCUT2D eigenvalue weighted by Gasteiger charge is -2.28. The van der Waals surface area contributed by atoms with Crippen molar-refractivity contribution < 1.29 is 19.4 Å². The molecule has 1 atom stereocenters. The number of carboxylic acid groups (broad SMARTS) is 1. The normalized spacial score (nSPS) is 20.4. The Hall–Kier alpha value is -1.52. The number of carbonyl (C=O) groups excluding carboxylic acids is 1. The fourth-order valence-electron chi connectivity index (χ4n) is 1.97. The molecular formula is C13H21NO4. The van der Waals surface area contributed by atoms with Crippen LogP contribution >= 0.6 is 0 Å². The molecule has 102 valence electrons. The number of carbonyl (C=O) groups is 2. The van der Waals surface area contributed by atoms with Gasteiger partial charge in [-0.15, -0.1) is 0 Å². The first-order valence-corrected chi connectivity index (χ1v) is 6.18. The first-order chi connectivity index (χ1) is 8.29. The second-order valence-corrected chi connectivity index (χ2v) is 5.45. The monoisotopic (exact) mass is 255 g/mol.